The number of nitrogens with zero attached hydrogens (tertiary/aromatic N) is 1. The standard InChI is InChI=1S/C15H20FNO2/c1-2-17(9-11-4-3-5-11)10-12-6-7-13(15(18)19)14(16)8-12/h6-8,11H,2-5,9-10H2,1H3,(H,18,19). The molecule has 1 fully saturated rings. The van der Waals surface area contributed by atoms with Crippen LogP contribution in [0.25, 0.3) is 0 Å². The van der Waals surface area contributed by atoms with E-state index in [4.69, 9.17) is 5.11 Å². The Hall–Kier alpha value is -1.42. The van der Waals surface area contributed by atoms with E-state index in [1.54, 1.807) is 6.07 Å². The summed E-state index contributed by atoms with van der Waals surface area (Å²) in [4.78, 5) is 13.0. The van der Waals surface area contributed by atoms with Gasteiger partial charge in [0, 0.05) is 13.1 Å². The summed E-state index contributed by atoms with van der Waals surface area (Å²) >= 11 is 0. The van der Waals surface area contributed by atoms with Crippen molar-refractivity contribution in [3.8, 4) is 0 Å². The number of halogens is 1. The predicted octanol–water partition coefficient (Wildman–Crippen LogP) is 3.15. The van der Waals surface area contributed by atoms with Crippen LogP contribution >= 0.6 is 0 Å². The molecular formula is C15H20FNO2. The van der Waals surface area contributed by atoms with Crippen molar-refractivity contribution in [3.05, 3.63) is 35.1 Å². The molecule has 1 aliphatic rings. The van der Waals surface area contributed by atoms with Gasteiger partial charge in [0.05, 0.1) is 5.56 Å². The minimum atomic E-state index is -1.22. The van der Waals surface area contributed by atoms with Crippen LogP contribution in [0.1, 0.15) is 42.1 Å². The minimum Gasteiger partial charge on any atom is -0.478 e. The zero-order valence-electron chi connectivity index (χ0n) is 11.2. The maximum atomic E-state index is 13.6. The average molecular weight is 265 g/mol. The second-order valence-electron chi connectivity index (χ2n) is 5.24. The van der Waals surface area contributed by atoms with Crippen molar-refractivity contribution in [3.63, 3.8) is 0 Å². The molecule has 1 N–H and O–H groups in total. The number of carboxylic acid groups (broad SMARTS) is 1. The molecular weight excluding hydrogens is 245 g/mol. The van der Waals surface area contributed by atoms with Gasteiger partial charge >= 0.3 is 5.97 Å². The molecule has 0 unspecified atom stereocenters. The third kappa shape index (κ3) is 3.53. The van der Waals surface area contributed by atoms with E-state index in [1.165, 1.54) is 31.4 Å². The molecule has 3 nitrogen and oxygen atoms in total. The van der Waals surface area contributed by atoms with Crippen molar-refractivity contribution in [2.45, 2.75) is 32.7 Å². The maximum Gasteiger partial charge on any atom is 0.338 e. The van der Waals surface area contributed by atoms with Crippen LogP contribution in [0.3, 0.4) is 0 Å². The zero-order chi connectivity index (χ0) is 13.8. The Labute approximate surface area is 113 Å². The molecule has 0 heterocycles. The highest BCUT2D eigenvalue weighted by Crippen LogP contribution is 2.27. The highest BCUT2D eigenvalue weighted by Gasteiger charge is 2.20. The SMILES string of the molecule is CCN(Cc1ccc(C(=O)O)c(F)c1)CC1CCC1. The summed E-state index contributed by atoms with van der Waals surface area (Å²) in [5.74, 6) is -1.08. The first-order valence-corrected chi connectivity index (χ1v) is 6.84. The van der Waals surface area contributed by atoms with Crippen LogP contribution in [0, 0.1) is 11.7 Å². The number of carbonyl (C=O) groups is 1. The van der Waals surface area contributed by atoms with Crippen molar-refractivity contribution < 1.29 is 14.3 Å². The summed E-state index contributed by atoms with van der Waals surface area (Å²) in [5.41, 5.74) is 0.578. The Kier molecular flexibility index (Phi) is 4.53. The largest absolute Gasteiger partial charge is 0.478 e. The van der Waals surface area contributed by atoms with Crippen LogP contribution < -0.4 is 0 Å². The molecule has 0 amide bonds. The molecule has 1 aliphatic carbocycles. The summed E-state index contributed by atoms with van der Waals surface area (Å²) in [7, 11) is 0. The van der Waals surface area contributed by atoms with Crippen molar-refractivity contribution in [1.29, 1.82) is 0 Å². The number of benzene rings is 1. The van der Waals surface area contributed by atoms with E-state index in [9.17, 15) is 9.18 Å². The van der Waals surface area contributed by atoms with Gasteiger partial charge in [-0.2, -0.15) is 0 Å². The first kappa shape index (κ1) is 14.0. The van der Waals surface area contributed by atoms with Crippen LogP contribution in [0.4, 0.5) is 4.39 Å². The molecule has 1 aromatic carbocycles. The first-order chi connectivity index (χ1) is 9.10. The highest BCUT2D eigenvalue weighted by molar-refractivity contribution is 5.87. The summed E-state index contributed by atoms with van der Waals surface area (Å²) < 4.78 is 13.6. The van der Waals surface area contributed by atoms with Gasteiger partial charge in [-0.05, 0) is 43.0 Å². The molecule has 19 heavy (non-hydrogen) atoms. The van der Waals surface area contributed by atoms with Gasteiger partial charge in [0.2, 0.25) is 0 Å². The highest BCUT2D eigenvalue weighted by atomic mass is 19.1. The van der Waals surface area contributed by atoms with Gasteiger partial charge in [-0.1, -0.05) is 19.4 Å². The van der Waals surface area contributed by atoms with E-state index in [0.29, 0.717) is 6.54 Å². The fourth-order valence-electron chi connectivity index (χ4n) is 2.43. The quantitative estimate of drug-likeness (QED) is 0.859. The third-order valence-electron chi connectivity index (χ3n) is 3.86. The lowest BCUT2D eigenvalue weighted by Crippen LogP contribution is -2.32. The lowest BCUT2D eigenvalue weighted by atomic mass is 9.85. The van der Waals surface area contributed by atoms with Gasteiger partial charge in [-0.25, -0.2) is 9.18 Å². The van der Waals surface area contributed by atoms with Gasteiger partial charge < -0.3 is 5.11 Å². The number of rotatable bonds is 6. The summed E-state index contributed by atoms with van der Waals surface area (Å²) in [6.07, 6.45) is 3.91. The van der Waals surface area contributed by atoms with Crippen molar-refractivity contribution in [1.82, 2.24) is 4.90 Å². The molecule has 4 heteroatoms. The molecule has 0 radical (unpaired) electrons. The van der Waals surface area contributed by atoms with Crippen LogP contribution in [-0.2, 0) is 6.54 Å². The Balaban J connectivity index is 2.00. The average Bonchev–Trinajstić information content (AvgIpc) is 2.31. The summed E-state index contributed by atoms with van der Waals surface area (Å²) in [5, 5.41) is 8.79. The smallest absolute Gasteiger partial charge is 0.338 e. The normalized spacial score (nSPS) is 15.5. The van der Waals surface area contributed by atoms with Crippen LogP contribution in [0.15, 0.2) is 18.2 Å². The predicted molar refractivity (Wildman–Crippen MR) is 71.7 cm³/mol. The number of aromatic carboxylic acids is 1. The molecule has 0 saturated heterocycles. The lowest BCUT2D eigenvalue weighted by Gasteiger charge is -2.31. The molecule has 1 aromatic rings. The second kappa shape index (κ2) is 6.15. The Morgan fingerprint density at radius 2 is 2.21 bits per heavy atom. The summed E-state index contributed by atoms with van der Waals surface area (Å²) in [6, 6.07) is 4.40. The monoisotopic (exact) mass is 265 g/mol. The van der Waals surface area contributed by atoms with E-state index in [0.717, 1.165) is 24.6 Å². The topological polar surface area (TPSA) is 40.5 Å². The van der Waals surface area contributed by atoms with E-state index in [1.807, 2.05) is 0 Å². The lowest BCUT2D eigenvalue weighted by molar-refractivity contribution is 0.0692. The van der Waals surface area contributed by atoms with Crippen molar-refractivity contribution >= 4 is 5.97 Å². The zero-order valence-corrected chi connectivity index (χ0v) is 11.2. The maximum absolute atomic E-state index is 13.6. The molecule has 0 aromatic heterocycles. The van der Waals surface area contributed by atoms with Gasteiger partial charge in [0.25, 0.3) is 0 Å². The van der Waals surface area contributed by atoms with Gasteiger partial charge in [-0.3, -0.25) is 4.90 Å². The molecule has 104 valence electrons. The molecule has 2 rings (SSSR count). The molecule has 1 saturated carbocycles. The van der Waals surface area contributed by atoms with E-state index < -0.39 is 11.8 Å². The van der Waals surface area contributed by atoms with E-state index >= 15 is 0 Å². The number of hydrogen-bond acceptors (Lipinski definition) is 2. The molecule has 0 aliphatic heterocycles. The van der Waals surface area contributed by atoms with Crippen LogP contribution in [0.2, 0.25) is 0 Å². The molecule has 0 spiro atoms. The Morgan fingerprint density at radius 1 is 1.47 bits per heavy atom. The Morgan fingerprint density at radius 3 is 2.68 bits per heavy atom. The van der Waals surface area contributed by atoms with Crippen molar-refractivity contribution in [2.75, 3.05) is 13.1 Å². The number of hydrogen-bond donors (Lipinski definition) is 1. The number of carboxylic acids is 1. The summed E-state index contributed by atoms with van der Waals surface area (Å²) in [6.45, 7) is 4.77. The van der Waals surface area contributed by atoms with Gasteiger partial charge in [0.15, 0.2) is 0 Å². The Bertz CT molecular complexity index is 457. The van der Waals surface area contributed by atoms with Crippen LogP contribution in [-0.4, -0.2) is 29.1 Å². The fraction of sp³-hybridized carbons (Fsp3) is 0.533. The van der Waals surface area contributed by atoms with E-state index in [-0.39, 0.29) is 5.56 Å². The van der Waals surface area contributed by atoms with E-state index in [2.05, 4.69) is 11.8 Å². The van der Waals surface area contributed by atoms with Crippen LogP contribution in [0.5, 0.6) is 0 Å². The van der Waals surface area contributed by atoms with Gasteiger partial charge in [0.1, 0.15) is 5.82 Å². The molecule has 0 atom stereocenters. The van der Waals surface area contributed by atoms with Gasteiger partial charge in [-0.15, -0.1) is 0 Å². The minimum absolute atomic E-state index is 0.259. The second-order valence-corrected chi connectivity index (χ2v) is 5.24. The third-order valence-corrected chi connectivity index (χ3v) is 3.86. The fourth-order valence-corrected chi connectivity index (χ4v) is 2.43. The van der Waals surface area contributed by atoms with Crippen molar-refractivity contribution in [2.24, 2.45) is 5.92 Å². The first-order valence-electron chi connectivity index (χ1n) is 6.84. The molecule has 0 bridgehead atoms.